The Balaban J connectivity index is 1.39. The van der Waals surface area contributed by atoms with Gasteiger partial charge in [-0.3, -0.25) is 14.4 Å². The first-order chi connectivity index (χ1) is 15.5. The quantitative estimate of drug-likeness (QED) is 0.591. The number of piperidine rings is 1. The smallest absolute Gasteiger partial charge is 0.251 e. The minimum Gasteiger partial charge on any atom is -0.348 e. The fourth-order valence-corrected chi connectivity index (χ4v) is 4.65. The average molecular weight is 431 g/mol. The van der Waals surface area contributed by atoms with Gasteiger partial charge in [0, 0.05) is 30.9 Å². The van der Waals surface area contributed by atoms with E-state index >= 15 is 0 Å². The zero-order chi connectivity index (χ0) is 22.5. The van der Waals surface area contributed by atoms with Crippen molar-refractivity contribution in [3.8, 4) is 0 Å². The lowest BCUT2D eigenvalue weighted by Gasteiger charge is -2.31. The summed E-state index contributed by atoms with van der Waals surface area (Å²) in [4.78, 5) is 15.4. The third-order valence-electron chi connectivity index (χ3n) is 6.32. The predicted molar refractivity (Wildman–Crippen MR) is 129 cm³/mol. The van der Waals surface area contributed by atoms with Gasteiger partial charge in [-0.2, -0.15) is 5.10 Å². The van der Waals surface area contributed by atoms with E-state index in [2.05, 4.69) is 59.5 Å². The highest BCUT2D eigenvalue weighted by Gasteiger charge is 2.17. The lowest BCUT2D eigenvalue weighted by Crippen LogP contribution is -2.34. The number of aromatic nitrogens is 2. The number of carbonyl (C=O) groups is 1. The molecule has 1 N–H and O–H groups in total. The summed E-state index contributed by atoms with van der Waals surface area (Å²) in [6, 6.07) is 18.4. The molecule has 3 aromatic rings. The van der Waals surface area contributed by atoms with Crippen molar-refractivity contribution in [1.29, 1.82) is 0 Å². The summed E-state index contributed by atoms with van der Waals surface area (Å²) in [5, 5.41) is 7.66. The second-order valence-corrected chi connectivity index (χ2v) is 9.22. The van der Waals surface area contributed by atoms with E-state index in [1.807, 2.05) is 35.9 Å². The molecule has 1 atom stereocenters. The molecule has 0 bridgehead atoms. The van der Waals surface area contributed by atoms with Crippen LogP contribution in [0.2, 0.25) is 0 Å². The van der Waals surface area contributed by atoms with Crippen molar-refractivity contribution in [2.75, 3.05) is 13.1 Å². The van der Waals surface area contributed by atoms with Gasteiger partial charge < -0.3 is 5.32 Å². The molecule has 2 aromatic carbocycles. The highest BCUT2D eigenvalue weighted by molar-refractivity contribution is 5.94. The molecular weight excluding hydrogens is 396 g/mol. The molecule has 1 fully saturated rings. The number of aryl methyl sites for hydroxylation is 2. The van der Waals surface area contributed by atoms with Crippen molar-refractivity contribution in [1.82, 2.24) is 20.0 Å². The number of likely N-dealkylation sites (tertiary alicyclic amines) is 1. The Morgan fingerprint density at radius 2 is 1.88 bits per heavy atom. The van der Waals surface area contributed by atoms with E-state index in [0.29, 0.717) is 18.7 Å². The molecule has 1 aliphatic heterocycles. The topological polar surface area (TPSA) is 50.2 Å². The second kappa shape index (κ2) is 10.1. The van der Waals surface area contributed by atoms with Crippen LogP contribution in [0.25, 0.3) is 0 Å². The SMILES string of the molecule is Cc1cc(C)n(Cc2cccc(C(=O)NCc3ccccc3CN3CCCC(C)C3)c2)n1. The van der Waals surface area contributed by atoms with Crippen LogP contribution in [0.3, 0.4) is 0 Å². The van der Waals surface area contributed by atoms with Crippen LogP contribution >= 0.6 is 0 Å². The Labute approximate surface area is 191 Å². The summed E-state index contributed by atoms with van der Waals surface area (Å²) < 4.78 is 1.98. The molecule has 1 saturated heterocycles. The van der Waals surface area contributed by atoms with Crippen LogP contribution in [0.4, 0.5) is 0 Å². The van der Waals surface area contributed by atoms with E-state index in [4.69, 9.17) is 0 Å². The molecule has 1 amide bonds. The zero-order valence-corrected chi connectivity index (χ0v) is 19.5. The van der Waals surface area contributed by atoms with Gasteiger partial charge in [-0.15, -0.1) is 0 Å². The van der Waals surface area contributed by atoms with Gasteiger partial charge in [0.2, 0.25) is 0 Å². The Morgan fingerprint density at radius 3 is 2.62 bits per heavy atom. The molecule has 32 heavy (non-hydrogen) atoms. The van der Waals surface area contributed by atoms with Crippen molar-refractivity contribution in [3.63, 3.8) is 0 Å². The molecule has 4 rings (SSSR count). The minimum absolute atomic E-state index is 0.0402. The monoisotopic (exact) mass is 430 g/mol. The van der Waals surface area contributed by atoms with Gasteiger partial charge in [0.1, 0.15) is 0 Å². The number of hydrogen-bond acceptors (Lipinski definition) is 3. The van der Waals surface area contributed by atoms with Crippen LogP contribution in [0, 0.1) is 19.8 Å². The van der Waals surface area contributed by atoms with Gasteiger partial charge in [0.25, 0.3) is 5.91 Å². The van der Waals surface area contributed by atoms with E-state index in [-0.39, 0.29) is 5.91 Å². The summed E-state index contributed by atoms with van der Waals surface area (Å²) in [5.74, 6) is 0.721. The van der Waals surface area contributed by atoms with Crippen molar-refractivity contribution in [2.24, 2.45) is 5.92 Å². The Kier molecular flexibility index (Phi) is 7.05. The van der Waals surface area contributed by atoms with Gasteiger partial charge in [0.05, 0.1) is 12.2 Å². The summed E-state index contributed by atoms with van der Waals surface area (Å²) in [6.07, 6.45) is 2.60. The van der Waals surface area contributed by atoms with Crippen LogP contribution in [-0.2, 0) is 19.6 Å². The lowest BCUT2D eigenvalue weighted by atomic mass is 9.99. The van der Waals surface area contributed by atoms with E-state index in [0.717, 1.165) is 42.5 Å². The second-order valence-electron chi connectivity index (χ2n) is 9.22. The van der Waals surface area contributed by atoms with Crippen molar-refractivity contribution >= 4 is 5.91 Å². The van der Waals surface area contributed by atoms with E-state index < -0.39 is 0 Å². The van der Waals surface area contributed by atoms with Gasteiger partial charge in [0.15, 0.2) is 0 Å². The minimum atomic E-state index is -0.0402. The number of carbonyl (C=O) groups excluding carboxylic acids is 1. The first kappa shape index (κ1) is 22.3. The Morgan fingerprint density at radius 1 is 1.06 bits per heavy atom. The molecule has 5 heteroatoms. The van der Waals surface area contributed by atoms with Gasteiger partial charge in [-0.1, -0.05) is 43.3 Å². The Hall–Kier alpha value is -2.92. The standard InChI is InChI=1S/C27H34N4O/c1-20-8-7-13-30(17-20)19-26-11-5-4-10-25(26)16-28-27(32)24-12-6-9-23(15-24)18-31-22(3)14-21(2)29-31/h4-6,9-12,14-15,20H,7-8,13,16-19H2,1-3H3,(H,28,32). The van der Waals surface area contributed by atoms with E-state index in [1.165, 1.54) is 24.0 Å². The molecule has 1 aromatic heterocycles. The molecule has 0 aliphatic carbocycles. The number of hydrogen-bond donors (Lipinski definition) is 1. The van der Waals surface area contributed by atoms with Crippen LogP contribution < -0.4 is 5.32 Å². The molecular formula is C27H34N4O. The number of benzene rings is 2. The predicted octanol–water partition coefficient (Wildman–Crippen LogP) is 4.71. The number of nitrogens with zero attached hydrogens (tertiary/aromatic N) is 3. The Bertz CT molecular complexity index is 1070. The molecule has 0 radical (unpaired) electrons. The van der Waals surface area contributed by atoms with Crippen LogP contribution in [0.1, 0.15) is 58.2 Å². The molecule has 5 nitrogen and oxygen atoms in total. The summed E-state index contributed by atoms with van der Waals surface area (Å²) in [6.45, 7) is 10.9. The summed E-state index contributed by atoms with van der Waals surface area (Å²) in [5.41, 5.74) is 6.39. The number of amides is 1. The highest BCUT2D eigenvalue weighted by Crippen LogP contribution is 2.19. The normalized spacial score (nSPS) is 16.8. The van der Waals surface area contributed by atoms with Crippen molar-refractivity contribution in [3.05, 3.63) is 88.2 Å². The number of rotatable bonds is 7. The zero-order valence-electron chi connectivity index (χ0n) is 19.5. The molecule has 0 saturated carbocycles. The maximum atomic E-state index is 12.9. The lowest BCUT2D eigenvalue weighted by molar-refractivity contribution is 0.0950. The number of nitrogens with one attached hydrogen (secondary N) is 1. The first-order valence-electron chi connectivity index (χ1n) is 11.7. The first-order valence-corrected chi connectivity index (χ1v) is 11.7. The summed E-state index contributed by atoms with van der Waals surface area (Å²) in [7, 11) is 0. The summed E-state index contributed by atoms with van der Waals surface area (Å²) >= 11 is 0. The van der Waals surface area contributed by atoms with Gasteiger partial charge >= 0.3 is 0 Å². The molecule has 0 spiro atoms. The average Bonchev–Trinajstić information content (AvgIpc) is 3.09. The van der Waals surface area contributed by atoms with Gasteiger partial charge in [-0.25, -0.2) is 0 Å². The van der Waals surface area contributed by atoms with Crippen LogP contribution in [0.15, 0.2) is 54.6 Å². The fourth-order valence-electron chi connectivity index (χ4n) is 4.65. The van der Waals surface area contributed by atoms with Crippen LogP contribution in [-0.4, -0.2) is 33.7 Å². The maximum absolute atomic E-state index is 12.9. The third-order valence-corrected chi connectivity index (χ3v) is 6.32. The maximum Gasteiger partial charge on any atom is 0.251 e. The molecule has 2 heterocycles. The van der Waals surface area contributed by atoms with Crippen LogP contribution in [0.5, 0.6) is 0 Å². The molecule has 168 valence electrons. The van der Waals surface area contributed by atoms with E-state index in [9.17, 15) is 4.79 Å². The largest absolute Gasteiger partial charge is 0.348 e. The van der Waals surface area contributed by atoms with Crippen molar-refractivity contribution in [2.45, 2.75) is 53.2 Å². The highest BCUT2D eigenvalue weighted by atomic mass is 16.1. The van der Waals surface area contributed by atoms with Gasteiger partial charge in [-0.05, 0) is 74.0 Å². The van der Waals surface area contributed by atoms with E-state index in [1.54, 1.807) is 0 Å². The molecule has 1 aliphatic rings. The third kappa shape index (κ3) is 5.65. The fraction of sp³-hybridized carbons (Fsp3) is 0.407. The van der Waals surface area contributed by atoms with Crippen molar-refractivity contribution < 1.29 is 4.79 Å². The molecule has 1 unspecified atom stereocenters.